The SMILES string of the molecule is O=C(NC1CCC(C(F)(F)F)CC1)c1cc2[nH]c(Cc3c(Cl)ccc(CNC(=O)C(F)F)c3Cl)nc2nc1OCC(F)F. The number of H-pyrrole nitrogens is 1. The Morgan fingerprint density at radius 1 is 1.07 bits per heavy atom. The van der Waals surface area contributed by atoms with Crippen LogP contribution in [0.2, 0.25) is 10.0 Å². The average molecular weight is 658 g/mol. The summed E-state index contributed by atoms with van der Waals surface area (Å²) < 4.78 is 95.0. The smallest absolute Gasteiger partial charge is 0.391 e. The molecule has 1 saturated carbocycles. The molecule has 0 bridgehead atoms. The van der Waals surface area contributed by atoms with Gasteiger partial charge in [0.05, 0.1) is 16.5 Å². The highest BCUT2D eigenvalue weighted by molar-refractivity contribution is 6.36. The average Bonchev–Trinajstić information content (AvgIpc) is 3.34. The molecule has 43 heavy (non-hydrogen) atoms. The minimum absolute atomic E-state index is 0.00546. The first kappa shape index (κ1) is 32.6. The summed E-state index contributed by atoms with van der Waals surface area (Å²) in [5.41, 5.74) is 0.601. The number of imidazole rings is 1. The Kier molecular flexibility index (Phi) is 10.3. The maximum absolute atomic E-state index is 13.1. The number of halogens is 9. The van der Waals surface area contributed by atoms with Crippen molar-refractivity contribution in [2.45, 2.75) is 63.7 Å². The molecular weight excluding hydrogens is 634 g/mol. The summed E-state index contributed by atoms with van der Waals surface area (Å²) in [6.45, 7) is -1.37. The number of nitrogens with zero attached hydrogens (tertiary/aromatic N) is 2. The first-order valence-corrected chi connectivity index (χ1v) is 13.7. The molecule has 1 aromatic carbocycles. The van der Waals surface area contributed by atoms with Crippen LogP contribution in [0.15, 0.2) is 18.2 Å². The van der Waals surface area contributed by atoms with Gasteiger partial charge in [0.1, 0.15) is 11.4 Å². The predicted octanol–water partition coefficient (Wildman–Crippen LogP) is 6.23. The van der Waals surface area contributed by atoms with E-state index in [9.17, 15) is 40.3 Å². The van der Waals surface area contributed by atoms with Gasteiger partial charge in [0, 0.05) is 24.0 Å². The number of ether oxygens (including phenoxy) is 1. The Bertz CT molecular complexity index is 1480. The minimum Gasteiger partial charge on any atom is -0.471 e. The Balaban J connectivity index is 1.57. The molecular formula is C26H24Cl2F7N5O3. The van der Waals surface area contributed by atoms with Crippen molar-refractivity contribution in [3.8, 4) is 5.88 Å². The van der Waals surface area contributed by atoms with E-state index < -0.39 is 55.3 Å². The zero-order chi connectivity index (χ0) is 31.5. The molecule has 0 unspecified atom stereocenters. The summed E-state index contributed by atoms with van der Waals surface area (Å²) in [6, 6.07) is 3.61. The van der Waals surface area contributed by atoms with Crippen LogP contribution in [-0.2, 0) is 17.8 Å². The Morgan fingerprint density at radius 2 is 1.77 bits per heavy atom. The summed E-state index contributed by atoms with van der Waals surface area (Å²) in [7, 11) is 0. The number of hydrogen-bond acceptors (Lipinski definition) is 5. The zero-order valence-corrected chi connectivity index (χ0v) is 23.5. The van der Waals surface area contributed by atoms with E-state index in [4.69, 9.17) is 27.9 Å². The van der Waals surface area contributed by atoms with E-state index in [1.54, 1.807) is 0 Å². The fraction of sp³-hybridized carbons (Fsp3) is 0.462. The normalized spacial score (nSPS) is 17.5. The van der Waals surface area contributed by atoms with Gasteiger partial charge in [-0.1, -0.05) is 29.3 Å². The maximum Gasteiger partial charge on any atom is 0.391 e. The number of nitrogens with one attached hydrogen (secondary N) is 3. The van der Waals surface area contributed by atoms with Gasteiger partial charge in [-0.15, -0.1) is 0 Å². The van der Waals surface area contributed by atoms with Gasteiger partial charge < -0.3 is 20.4 Å². The molecule has 0 radical (unpaired) electrons. The molecule has 1 aliphatic rings. The second-order valence-corrected chi connectivity index (χ2v) is 10.6. The molecule has 2 amide bonds. The molecule has 8 nitrogen and oxygen atoms in total. The first-order valence-electron chi connectivity index (χ1n) is 12.9. The largest absolute Gasteiger partial charge is 0.471 e. The third kappa shape index (κ3) is 8.19. The highest BCUT2D eigenvalue weighted by Gasteiger charge is 2.41. The van der Waals surface area contributed by atoms with E-state index in [1.165, 1.54) is 18.2 Å². The molecule has 1 aliphatic carbocycles. The molecule has 2 aromatic heterocycles. The molecule has 0 saturated heterocycles. The van der Waals surface area contributed by atoms with Crippen LogP contribution in [0, 0.1) is 5.92 Å². The highest BCUT2D eigenvalue weighted by Crippen LogP contribution is 2.38. The number of aromatic nitrogens is 3. The number of rotatable bonds is 10. The van der Waals surface area contributed by atoms with Gasteiger partial charge in [-0.2, -0.15) is 26.9 Å². The Hall–Kier alpha value is -3.33. The number of carbonyl (C=O) groups is 2. The number of hydrogen-bond donors (Lipinski definition) is 3. The number of benzene rings is 1. The van der Waals surface area contributed by atoms with Crippen molar-refractivity contribution in [1.29, 1.82) is 0 Å². The van der Waals surface area contributed by atoms with E-state index >= 15 is 0 Å². The van der Waals surface area contributed by atoms with Crippen LogP contribution in [0.4, 0.5) is 30.7 Å². The van der Waals surface area contributed by atoms with Crippen molar-refractivity contribution in [3.63, 3.8) is 0 Å². The second-order valence-electron chi connectivity index (χ2n) is 9.86. The van der Waals surface area contributed by atoms with Crippen molar-refractivity contribution in [2.24, 2.45) is 5.92 Å². The number of fused-ring (bicyclic) bond motifs is 1. The quantitative estimate of drug-likeness (QED) is 0.224. The molecule has 17 heteroatoms. The number of alkyl halides is 7. The summed E-state index contributed by atoms with van der Waals surface area (Å²) in [4.78, 5) is 35.7. The van der Waals surface area contributed by atoms with Crippen LogP contribution in [0.1, 0.15) is 53.0 Å². The summed E-state index contributed by atoms with van der Waals surface area (Å²) in [5.74, 6) is -3.92. The molecule has 3 N–H and O–H groups in total. The monoisotopic (exact) mass is 657 g/mol. The van der Waals surface area contributed by atoms with E-state index in [2.05, 4.69) is 20.3 Å². The fourth-order valence-corrected chi connectivity index (χ4v) is 5.25. The standard InChI is InChI=1S/C26H24Cl2F7N5O3/c27-16-6-1-11(9-36-24(42)21(31)32)20(28)14(16)8-19-38-17-7-15(25(40-22(17)39-19)43-10-18(29)30)23(41)37-13-4-2-12(3-5-13)26(33,34)35/h1,6-7,12-13,18,21H,2-5,8-10H2,(H,36,42)(H,37,41)(H,38,39,40). The predicted molar refractivity (Wildman–Crippen MR) is 142 cm³/mol. The number of aromatic amines is 1. The van der Waals surface area contributed by atoms with Gasteiger partial charge >= 0.3 is 12.6 Å². The lowest BCUT2D eigenvalue weighted by Crippen LogP contribution is -2.40. The van der Waals surface area contributed by atoms with Crippen molar-refractivity contribution in [3.05, 3.63) is 50.8 Å². The Morgan fingerprint density at radius 3 is 2.40 bits per heavy atom. The molecule has 3 aromatic rings. The van der Waals surface area contributed by atoms with Gasteiger partial charge in [-0.3, -0.25) is 9.59 Å². The molecule has 0 atom stereocenters. The van der Waals surface area contributed by atoms with Gasteiger partial charge in [0.15, 0.2) is 12.3 Å². The van der Waals surface area contributed by atoms with Gasteiger partial charge in [0.25, 0.3) is 18.2 Å². The van der Waals surface area contributed by atoms with Crippen molar-refractivity contribution >= 4 is 46.2 Å². The highest BCUT2D eigenvalue weighted by atomic mass is 35.5. The summed E-state index contributed by atoms with van der Waals surface area (Å²) in [6.07, 6.45) is -10.6. The van der Waals surface area contributed by atoms with Crippen LogP contribution in [0.3, 0.4) is 0 Å². The second kappa shape index (κ2) is 13.5. The lowest BCUT2D eigenvalue weighted by atomic mass is 9.85. The first-order chi connectivity index (χ1) is 20.2. The molecule has 2 heterocycles. The summed E-state index contributed by atoms with van der Waals surface area (Å²) in [5, 5.41) is 4.96. The van der Waals surface area contributed by atoms with Crippen LogP contribution in [-0.4, -0.2) is 58.4 Å². The lowest BCUT2D eigenvalue weighted by Gasteiger charge is -2.30. The third-order valence-electron chi connectivity index (χ3n) is 6.86. The lowest BCUT2D eigenvalue weighted by molar-refractivity contribution is -0.182. The van der Waals surface area contributed by atoms with Crippen molar-refractivity contribution in [1.82, 2.24) is 25.6 Å². The van der Waals surface area contributed by atoms with Crippen molar-refractivity contribution in [2.75, 3.05) is 6.61 Å². The van der Waals surface area contributed by atoms with Crippen molar-refractivity contribution < 1.29 is 45.1 Å². The third-order valence-corrected chi connectivity index (χ3v) is 7.69. The van der Waals surface area contributed by atoms with E-state index in [0.717, 1.165) is 0 Å². The van der Waals surface area contributed by atoms with E-state index in [0.29, 0.717) is 11.1 Å². The molecule has 0 aliphatic heterocycles. The molecule has 0 spiro atoms. The molecule has 234 valence electrons. The van der Waals surface area contributed by atoms with Gasteiger partial charge in [-0.05, 0) is 48.9 Å². The number of amides is 2. The van der Waals surface area contributed by atoms with E-state index in [1.807, 2.05) is 5.32 Å². The minimum atomic E-state index is -4.32. The van der Waals surface area contributed by atoms with Crippen LogP contribution in [0.5, 0.6) is 5.88 Å². The topological polar surface area (TPSA) is 109 Å². The van der Waals surface area contributed by atoms with E-state index in [-0.39, 0.29) is 71.2 Å². The fourth-order valence-electron chi connectivity index (χ4n) is 4.67. The number of carbonyl (C=O) groups excluding carboxylic acids is 2. The van der Waals surface area contributed by atoms with Crippen LogP contribution in [0.25, 0.3) is 11.2 Å². The zero-order valence-electron chi connectivity index (χ0n) is 22.0. The van der Waals surface area contributed by atoms with Gasteiger partial charge in [-0.25, -0.2) is 13.8 Å². The molecule has 4 rings (SSSR count). The van der Waals surface area contributed by atoms with Crippen LogP contribution >= 0.6 is 23.2 Å². The molecule has 1 fully saturated rings. The van der Waals surface area contributed by atoms with Crippen LogP contribution < -0.4 is 15.4 Å². The van der Waals surface area contributed by atoms with Gasteiger partial charge in [0.2, 0.25) is 5.88 Å². The Labute approximate surface area is 249 Å². The maximum atomic E-state index is 13.1. The summed E-state index contributed by atoms with van der Waals surface area (Å²) >= 11 is 12.7. The number of pyridine rings is 1.